The first-order valence-electron chi connectivity index (χ1n) is 3.35. The molecular formula is C6H14N2O. The lowest BCUT2D eigenvalue weighted by atomic mass is 10.4. The van der Waals surface area contributed by atoms with Crippen molar-refractivity contribution >= 4 is 0 Å². The Balaban J connectivity index is 2.05. The van der Waals surface area contributed by atoms with Crippen LogP contribution in [-0.4, -0.2) is 24.8 Å². The van der Waals surface area contributed by atoms with Crippen molar-refractivity contribution in [1.29, 1.82) is 0 Å². The SMILES string of the molecule is CC(CN)OC1CC1N. The number of hydrogen-bond acceptors (Lipinski definition) is 3. The molecule has 0 radical (unpaired) electrons. The normalized spacial score (nSPS) is 36.3. The van der Waals surface area contributed by atoms with E-state index in [-0.39, 0.29) is 12.1 Å². The fourth-order valence-electron chi connectivity index (χ4n) is 0.700. The summed E-state index contributed by atoms with van der Waals surface area (Å²) < 4.78 is 5.37. The summed E-state index contributed by atoms with van der Waals surface area (Å²) in [6.45, 7) is 2.55. The lowest BCUT2D eigenvalue weighted by Gasteiger charge is -2.08. The molecule has 1 rings (SSSR count). The molecule has 0 aliphatic heterocycles. The molecule has 3 atom stereocenters. The summed E-state index contributed by atoms with van der Waals surface area (Å²) in [5.74, 6) is 0. The van der Waals surface area contributed by atoms with Gasteiger partial charge in [-0.1, -0.05) is 0 Å². The molecule has 4 N–H and O–H groups in total. The maximum Gasteiger partial charge on any atom is 0.0746 e. The Labute approximate surface area is 55.4 Å². The molecule has 0 spiro atoms. The predicted octanol–water partition coefficient (Wildman–Crippen LogP) is -0.550. The second-order valence-electron chi connectivity index (χ2n) is 2.62. The number of nitrogens with two attached hydrogens (primary N) is 2. The molecule has 3 heteroatoms. The zero-order chi connectivity index (χ0) is 6.85. The van der Waals surface area contributed by atoms with Gasteiger partial charge >= 0.3 is 0 Å². The molecular weight excluding hydrogens is 116 g/mol. The standard InChI is InChI=1S/C6H14N2O/c1-4(3-7)9-6-2-5(6)8/h4-6H,2-3,7-8H2,1H3. The van der Waals surface area contributed by atoms with Gasteiger partial charge in [0.05, 0.1) is 12.2 Å². The first-order valence-corrected chi connectivity index (χ1v) is 3.35. The molecule has 1 aliphatic rings. The molecule has 1 fully saturated rings. The van der Waals surface area contributed by atoms with Crippen LogP contribution in [-0.2, 0) is 4.74 Å². The van der Waals surface area contributed by atoms with Crippen LogP contribution in [0.2, 0.25) is 0 Å². The van der Waals surface area contributed by atoms with Crippen molar-refractivity contribution in [2.75, 3.05) is 6.54 Å². The van der Waals surface area contributed by atoms with E-state index in [4.69, 9.17) is 16.2 Å². The summed E-state index contributed by atoms with van der Waals surface area (Å²) in [5, 5.41) is 0. The van der Waals surface area contributed by atoms with Crippen LogP contribution in [0, 0.1) is 0 Å². The Morgan fingerprint density at radius 3 is 2.67 bits per heavy atom. The van der Waals surface area contributed by atoms with Crippen LogP contribution in [0.3, 0.4) is 0 Å². The van der Waals surface area contributed by atoms with Crippen LogP contribution < -0.4 is 11.5 Å². The molecule has 0 amide bonds. The van der Waals surface area contributed by atoms with E-state index in [0.29, 0.717) is 12.6 Å². The maximum absolute atomic E-state index is 5.50. The molecule has 1 saturated carbocycles. The zero-order valence-corrected chi connectivity index (χ0v) is 5.71. The first-order chi connectivity index (χ1) is 4.24. The average Bonchev–Trinajstić information content (AvgIpc) is 2.47. The fourth-order valence-corrected chi connectivity index (χ4v) is 0.700. The molecule has 0 aromatic rings. The van der Waals surface area contributed by atoms with E-state index in [9.17, 15) is 0 Å². The lowest BCUT2D eigenvalue weighted by molar-refractivity contribution is 0.0554. The van der Waals surface area contributed by atoms with Crippen LogP contribution in [0.25, 0.3) is 0 Å². The first kappa shape index (κ1) is 6.99. The molecule has 9 heavy (non-hydrogen) atoms. The van der Waals surface area contributed by atoms with Crippen LogP contribution in [0.15, 0.2) is 0 Å². The van der Waals surface area contributed by atoms with Crippen molar-refractivity contribution in [3.05, 3.63) is 0 Å². The molecule has 54 valence electrons. The van der Waals surface area contributed by atoms with Gasteiger partial charge in [0.2, 0.25) is 0 Å². The molecule has 3 unspecified atom stereocenters. The molecule has 3 nitrogen and oxygen atoms in total. The quantitative estimate of drug-likeness (QED) is 0.539. The molecule has 0 aromatic carbocycles. The van der Waals surface area contributed by atoms with E-state index in [1.807, 2.05) is 6.92 Å². The topological polar surface area (TPSA) is 61.3 Å². The molecule has 0 aromatic heterocycles. The van der Waals surface area contributed by atoms with Crippen molar-refractivity contribution in [2.24, 2.45) is 11.5 Å². The summed E-state index contributed by atoms with van der Waals surface area (Å²) in [7, 11) is 0. The Hall–Kier alpha value is -0.120. The van der Waals surface area contributed by atoms with Gasteiger partial charge in [0.1, 0.15) is 0 Å². The van der Waals surface area contributed by atoms with Crippen molar-refractivity contribution in [3.8, 4) is 0 Å². The van der Waals surface area contributed by atoms with E-state index >= 15 is 0 Å². The van der Waals surface area contributed by atoms with E-state index in [1.54, 1.807) is 0 Å². The minimum Gasteiger partial charge on any atom is -0.372 e. The monoisotopic (exact) mass is 130 g/mol. The highest BCUT2D eigenvalue weighted by Gasteiger charge is 2.35. The van der Waals surface area contributed by atoms with Crippen LogP contribution in [0.4, 0.5) is 0 Å². The third-order valence-electron chi connectivity index (χ3n) is 1.52. The van der Waals surface area contributed by atoms with E-state index < -0.39 is 0 Å². The van der Waals surface area contributed by atoms with Gasteiger partial charge in [0.25, 0.3) is 0 Å². The van der Waals surface area contributed by atoms with Crippen molar-refractivity contribution in [2.45, 2.75) is 31.6 Å². The summed E-state index contributed by atoms with van der Waals surface area (Å²) in [6.07, 6.45) is 1.47. The van der Waals surface area contributed by atoms with Crippen molar-refractivity contribution in [3.63, 3.8) is 0 Å². The largest absolute Gasteiger partial charge is 0.372 e. The maximum atomic E-state index is 5.50. The van der Waals surface area contributed by atoms with Gasteiger partial charge in [-0.15, -0.1) is 0 Å². The summed E-state index contributed by atoms with van der Waals surface area (Å²) in [6, 6.07) is 0.277. The predicted molar refractivity (Wildman–Crippen MR) is 36.0 cm³/mol. The highest BCUT2D eigenvalue weighted by atomic mass is 16.5. The highest BCUT2D eigenvalue weighted by molar-refractivity contribution is 4.92. The van der Waals surface area contributed by atoms with Crippen LogP contribution >= 0.6 is 0 Å². The molecule has 0 saturated heterocycles. The number of ether oxygens (including phenoxy) is 1. The summed E-state index contributed by atoms with van der Waals surface area (Å²) in [4.78, 5) is 0. The van der Waals surface area contributed by atoms with E-state index in [1.165, 1.54) is 0 Å². The summed E-state index contributed by atoms with van der Waals surface area (Å²) in [5.41, 5.74) is 10.8. The number of rotatable bonds is 3. The number of hydrogen-bond donors (Lipinski definition) is 2. The molecule has 0 bridgehead atoms. The zero-order valence-electron chi connectivity index (χ0n) is 5.71. The van der Waals surface area contributed by atoms with Gasteiger partial charge in [-0.3, -0.25) is 0 Å². The summed E-state index contributed by atoms with van der Waals surface area (Å²) >= 11 is 0. The fraction of sp³-hybridized carbons (Fsp3) is 1.00. The second-order valence-corrected chi connectivity index (χ2v) is 2.62. The molecule has 1 aliphatic carbocycles. The Morgan fingerprint density at radius 1 is 1.78 bits per heavy atom. The van der Waals surface area contributed by atoms with Crippen LogP contribution in [0.5, 0.6) is 0 Å². The van der Waals surface area contributed by atoms with Gasteiger partial charge in [-0.25, -0.2) is 0 Å². The van der Waals surface area contributed by atoms with Crippen molar-refractivity contribution in [1.82, 2.24) is 0 Å². The third kappa shape index (κ3) is 1.93. The van der Waals surface area contributed by atoms with Crippen LogP contribution in [0.1, 0.15) is 13.3 Å². The smallest absolute Gasteiger partial charge is 0.0746 e. The van der Waals surface area contributed by atoms with E-state index in [0.717, 1.165) is 6.42 Å². The Morgan fingerprint density at radius 2 is 2.33 bits per heavy atom. The third-order valence-corrected chi connectivity index (χ3v) is 1.52. The minimum absolute atomic E-state index is 0.170. The molecule has 0 heterocycles. The van der Waals surface area contributed by atoms with Gasteiger partial charge < -0.3 is 16.2 Å². The van der Waals surface area contributed by atoms with Crippen molar-refractivity contribution < 1.29 is 4.74 Å². The van der Waals surface area contributed by atoms with Gasteiger partial charge in [-0.2, -0.15) is 0 Å². The highest BCUT2D eigenvalue weighted by Crippen LogP contribution is 2.23. The Kier molecular flexibility index (Phi) is 2.05. The van der Waals surface area contributed by atoms with Gasteiger partial charge in [-0.05, 0) is 13.3 Å². The second kappa shape index (κ2) is 2.64. The van der Waals surface area contributed by atoms with Gasteiger partial charge in [0.15, 0.2) is 0 Å². The Bertz CT molecular complexity index is 95.1. The van der Waals surface area contributed by atoms with Gasteiger partial charge in [0, 0.05) is 12.6 Å². The van der Waals surface area contributed by atoms with E-state index in [2.05, 4.69) is 0 Å². The lowest BCUT2D eigenvalue weighted by Crippen LogP contribution is -2.23. The average molecular weight is 130 g/mol. The minimum atomic E-state index is 0.170.